The van der Waals surface area contributed by atoms with Crippen LogP contribution >= 0.6 is 34.8 Å². The first-order valence-electron chi connectivity index (χ1n) is 4.90. The van der Waals surface area contributed by atoms with E-state index in [-0.39, 0.29) is 0 Å². The van der Waals surface area contributed by atoms with Crippen LogP contribution in [0.5, 0.6) is 0 Å². The average molecular weight is 311 g/mol. The molecule has 18 heavy (non-hydrogen) atoms. The van der Waals surface area contributed by atoms with Gasteiger partial charge in [0.25, 0.3) is 0 Å². The highest BCUT2D eigenvalue weighted by Gasteiger charge is 2.37. The van der Waals surface area contributed by atoms with Crippen molar-refractivity contribution in [3.8, 4) is 0 Å². The van der Waals surface area contributed by atoms with E-state index in [2.05, 4.69) is 5.32 Å². The van der Waals surface area contributed by atoms with Gasteiger partial charge in [0.15, 0.2) is 0 Å². The Morgan fingerprint density at radius 2 is 1.78 bits per heavy atom. The van der Waals surface area contributed by atoms with Crippen LogP contribution in [0.25, 0.3) is 0 Å². The zero-order valence-corrected chi connectivity index (χ0v) is 11.6. The molecule has 1 amide bonds. The number of esters is 1. The van der Waals surface area contributed by atoms with E-state index in [1.54, 1.807) is 30.3 Å². The molecule has 1 N–H and O–H groups in total. The van der Waals surface area contributed by atoms with E-state index in [1.165, 1.54) is 6.92 Å². The van der Waals surface area contributed by atoms with Crippen molar-refractivity contribution in [2.75, 3.05) is 0 Å². The molecule has 7 heteroatoms. The van der Waals surface area contributed by atoms with Crippen molar-refractivity contribution in [2.24, 2.45) is 0 Å². The number of hydrogen-bond acceptors (Lipinski definition) is 3. The number of rotatable bonds is 3. The van der Waals surface area contributed by atoms with Crippen molar-refractivity contribution < 1.29 is 14.3 Å². The molecule has 0 bridgehead atoms. The molecule has 0 aliphatic rings. The third-order valence-electron chi connectivity index (χ3n) is 1.87. The molecule has 1 rings (SSSR count). The molecule has 0 aliphatic carbocycles. The van der Waals surface area contributed by atoms with Crippen molar-refractivity contribution in [3.63, 3.8) is 0 Å². The number of benzene rings is 1. The molecule has 0 saturated heterocycles. The van der Waals surface area contributed by atoms with Crippen LogP contribution < -0.4 is 5.32 Å². The van der Waals surface area contributed by atoms with Gasteiger partial charge in [-0.05, 0) is 12.1 Å². The second-order valence-corrected chi connectivity index (χ2v) is 5.76. The summed E-state index contributed by atoms with van der Waals surface area (Å²) in [6.07, 6.45) is -1.35. The molecular formula is C11H10Cl3NO3. The molecule has 0 fully saturated rings. The van der Waals surface area contributed by atoms with Gasteiger partial charge < -0.3 is 10.1 Å². The Labute approximate surface area is 119 Å². The molecule has 0 spiro atoms. The fourth-order valence-electron chi connectivity index (χ4n) is 1.11. The highest BCUT2D eigenvalue weighted by Crippen LogP contribution is 2.31. The number of halogens is 3. The maximum Gasteiger partial charge on any atom is 0.340 e. The van der Waals surface area contributed by atoms with Crippen molar-refractivity contribution in [3.05, 3.63) is 35.9 Å². The number of nitrogens with one attached hydrogen (secondary N) is 1. The van der Waals surface area contributed by atoms with E-state index in [0.717, 1.165) is 0 Å². The van der Waals surface area contributed by atoms with Crippen molar-refractivity contribution in [1.82, 2.24) is 5.32 Å². The lowest BCUT2D eigenvalue weighted by atomic mass is 10.2. The van der Waals surface area contributed by atoms with E-state index in [0.29, 0.717) is 5.56 Å². The number of carbonyl (C=O) groups excluding carboxylic acids is 2. The van der Waals surface area contributed by atoms with Crippen LogP contribution in [0.4, 0.5) is 0 Å². The zero-order valence-electron chi connectivity index (χ0n) is 9.32. The van der Waals surface area contributed by atoms with Gasteiger partial charge in [0.2, 0.25) is 15.9 Å². The summed E-state index contributed by atoms with van der Waals surface area (Å²) in [7, 11) is 0. The van der Waals surface area contributed by atoms with Gasteiger partial charge in [0.1, 0.15) is 0 Å². The van der Waals surface area contributed by atoms with Gasteiger partial charge in [0.05, 0.1) is 5.56 Å². The number of amides is 1. The molecule has 1 unspecified atom stereocenters. The zero-order chi connectivity index (χ0) is 13.8. The first kappa shape index (κ1) is 15.1. The maximum atomic E-state index is 11.7. The molecule has 4 nitrogen and oxygen atoms in total. The lowest BCUT2D eigenvalue weighted by Gasteiger charge is -2.24. The summed E-state index contributed by atoms with van der Waals surface area (Å²) in [6, 6.07) is 8.17. The van der Waals surface area contributed by atoms with Gasteiger partial charge in [-0.1, -0.05) is 53.0 Å². The van der Waals surface area contributed by atoms with E-state index >= 15 is 0 Å². The molecule has 1 aromatic rings. The Morgan fingerprint density at radius 1 is 1.22 bits per heavy atom. The molecule has 98 valence electrons. The van der Waals surface area contributed by atoms with Gasteiger partial charge in [-0.15, -0.1) is 0 Å². The molecule has 0 aliphatic heterocycles. The third kappa shape index (κ3) is 4.72. The Bertz CT molecular complexity index is 431. The van der Waals surface area contributed by atoms with Crippen molar-refractivity contribution >= 4 is 46.7 Å². The van der Waals surface area contributed by atoms with E-state index < -0.39 is 21.9 Å². The maximum absolute atomic E-state index is 11.7. The molecule has 1 atom stereocenters. The van der Waals surface area contributed by atoms with Crippen LogP contribution in [0, 0.1) is 0 Å². The minimum Gasteiger partial charge on any atom is -0.433 e. The summed E-state index contributed by atoms with van der Waals surface area (Å²) in [4.78, 5) is 22.7. The van der Waals surface area contributed by atoms with Gasteiger partial charge in [-0.3, -0.25) is 4.79 Å². The Kier molecular flexibility index (Phi) is 5.26. The van der Waals surface area contributed by atoms with Crippen molar-refractivity contribution in [2.45, 2.75) is 16.9 Å². The van der Waals surface area contributed by atoms with E-state index in [4.69, 9.17) is 39.5 Å². The minimum absolute atomic E-state index is 0.294. The number of ether oxygens (including phenoxy) is 1. The number of carbonyl (C=O) groups is 2. The van der Waals surface area contributed by atoms with Crippen LogP contribution in [-0.4, -0.2) is 21.9 Å². The SMILES string of the molecule is CC(=O)NC(OC(=O)c1ccccc1)C(Cl)(Cl)Cl. The predicted octanol–water partition coefficient (Wildman–Crippen LogP) is 2.68. The first-order chi connectivity index (χ1) is 8.30. The quantitative estimate of drug-likeness (QED) is 0.530. The van der Waals surface area contributed by atoms with Crippen LogP contribution in [-0.2, 0) is 9.53 Å². The van der Waals surface area contributed by atoms with Gasteiger partial charge in [-0.25, -0.2) is 4.79 Å². The van der Waals surface area contributed by atoms with Crippen molar-refractivity contribution in [1.29, 1.82) is 0 Å². The third-order valence-corrected chi connectivity index (χ3v) is 2.46. The van der Waals surface area contributed by atoms with Crippen LogP contribution in [0.15, 0.2) is 30.3 Å². The molecular weight excluding hydrogens is 300 g/mol. The van der Waals surface area contributed by atoms with Gasteiger partial charge >= 0.3 is 5.97 Å². The highest BCUT2D eigenvalue weighted by atomic mass is 35.6. The summed E-state index contributed by atoms with van der Waals surface area (Å²) < 4.78 is 3.00. The Morgan fingerprint density at radius 3 is 2.22 bits per heavy atom. The number of hydrogen-bond donors (Lipinski definition) is 1. The van der Waals surface area contributed by atoms with E-state index in [1.807, 2.05) is 0 Å². The summed E-state index contributed by atoms with van der Waals surface area (Å²) in [6.45, 7) is 1.22. The largest absolute Gasteiger partial charge is 0.433 e. The second-order valence-electron chi connectivity index (χ2n) is 3.39. The van der Waals surface area contributed by atoms with Crippen LogP contribution in [0.2, 0.25) is 0 Å². The van der Waals surface area contributed by atoms with Gasteiger partial charge in [-0.2, -0.15) is 0 Å². The molecule has 0 aromatic heterocycles. The molecule has 0 radical (unpaired) electrons. The smallest absolute Gasteiger partial charge is 0.340 e. The van der Waals surface area contributed by atoms with Gasteiger partial charge in [0, 0.05) is 6.92 Å². The lowest BCUT2D eigenvalue weighted by Crippen LogP contribution is -2.46. The predicted molar refractivity (Wildman–Crippen MR) is 69.8 cm³/mol. The lowest BCUT2D eigenvalue weighted by molar-refractivity contribution is -0.121. The van der Waals surface area contributed by atoms with Crippen LogP contribution in [0.3, 0.4) is 0 Å². The highest BCUT2D eigenvalue weighted by molar-refractivity contribution is 6.68. The summed E-state index contributed by atoms with van der Waals surface area (Å²) in [5.74, 6) is -1.17. The monoisotopic (exact) mass is 309 g/mol. The van der Waals surface area contributed by atoms with Crippen LogP contribution in [0.1, 0.15) is 17.3 Å². The molecule has 1 aromatic carbocycles. The summed E-state index contributed by atoms with van der Waals surface area (Å²) in [5, 5.41) is 2.24. The topological polar surface area (TPSA) is 55.4 Å². The minimum atomic E-state index is -1.95. The Balaban J connectivity index is 2.78. The second kappa shape index (κ2) is 6.27. The normalized spacial score (nSPS) is 12.7. The Hall–Kier alpha value is -0.970. The fraction of sp³-hybridized carbons (Fsp3) is 0.273. The standard InChI is InChI=1S/C11H10Cl3NO3/c1-7(16)15-10(11(12,13)14)18-9(17)8-5-3-2-4-6-8/h2-6,10H,1H3,(H,15,16). The summed E-state index contributed by atoms with van der Waals surface area (Å²) in [5.41, 5.74) is 0.294. The fourth-order valence-corrected chi connectivity index (χ4v) is 1.41. The van der Waals surface area contributed by atoms with E-state index in [9.17, 15) is 9.59 Å². The molecule has 0 heterocycles. The summed E-state index contributed by atoms with van der Waals surface area (Å²) >= 11 is 16.8. The average Bonchev–Trinajstić information content (AvgIpc) is 2.27. The number of alkyl halides is 3. The first-order valence-corrected chi connectivity index (χ1v) is 6.04. The molecule has 0 saturated carbocycles.